The Hall–Kier alpha value is -2.93. The molecule has 0 bridgehead atoms. The third-order valence-corrected chi connectivity index (χ3v) is 3.59. The summed E-state index contributed by atoms with van der Waals surface area (Å²) in [6.07, 6.45) is 0.946. The average Bonchev–Trinajstić information content (AvgIpc) is 2.60. The maximum Gasteiger partial charge on any atom is 0.264 e. The van der Waals surface area contributed by atoms with Gasteiger partial charge < -0.3 is 15.8 Å². The zero-order chi connectivity index (χ0) is 18.2. The third kappa shape index (κ3) is 5.89. The summed E-state index contributed by atoms with van der Waals surface area (Å²) in [6.45, 7) is 1.92. The third-order valence-electron chi connectivity index (χ3n) is 3.38. The summed E-state index contributed by atoms with van der Waals surface area (Å²) in [5, 5.41) is 5.51. The number of carbonyl (C=O) groups is 2. The lowest BCUT2D eigenvalue weighted by Gasteiger charge is -2.11. The first-order chi connectivity index (χ1) is 12.0. The lowest BCUT2D eigenvalue weighted by atomic mass is 10.2. The van der Waals surface area contributed by atoms with Crippen molar-refractivity contribution in [2.45, 2.75) is 13.3 Å². The molecule has 6 nitrogen and oxygen atoms in total. The molecule has 0 heterocycles. The molecule has 2 amide bonds. The van der Waals surface area contributed by atoms with Crippen molar-refractivity contribution in [3.63, 3.8) is 0 Å². The molecule has 0 aromatic heterocycles. The van der Waals surface area contributed by atoms with E-state index in [1.807, 2.05) is 24.3 Å². The van der Waals surface area contributed by atoms with Crippen LogP contribution in [0.15, 0.2) is 48.5 Å². The van der Waals surface area contributed by atoms with E-state index in [1.54, 1.807) is 24.3 Å². The standard InChI is InChI=1S/C18H19N3O3S/c1-2-12-3-9-15(10-4-12)24-11-16(22)21-18(25)20-14-7-5-13(6-8-14)17(19)23/h3-10H,2,11H2,1H3,(H2,19,23)(H2,20,21,22,25). The Kier molecular flexibility index (Phi) is 6.47. The second-order valence-electron chi connectivity index (χ2n) is 5.23. The van der Waals surface area contributed by atoms with Crippen LogP contribution in [0, 0.1) is 0 Å². The number of primary amides is 1. The minimum atomic E-state index is -0.508. The topological polar surface area (TPSA) is 93.4 Å². The van der Waals surface area contributed by atoms with E-state index in [9.17, 15) is 9.59 Å². The Morgan fingerprint density at radius 1 is 1.08 bits per heavy atom. The van der Waals surface area contributed by atoms with Crippen molar-refractivity contribution >= 4 is 34.8 Å². The Morgan fingerprint density at radius 2 is 1.72 bits per heavy atom. The molecule has 0 aliphatic heterocycles. The molecule has 0 fully saturated rings. The van der Waals surface area contributed by atoms with Crippen LogP contribution >= 0.6 is 12.2 Å². The smallest absolute Gasteiger partial charge is 0.264 e. The molecule has 0 unspecified atom stereocenters. The van der Waals surface area contributed by atoms with Gasteiger partial charge in [-0.25, -0.2) is 0 Å². The van der Waals surface area contributed by atoms with Gasteiger partial charge in [-0.1, -0.05) is 19.1 Å². The van der Waals surface area contributed by atoms with E-state index < -0.39 is 5.91 Å². The summed E-state index contributed by atoms with van der Waals surface area (Å²) in [5.74, 6) is -0.259. The molecule has 0 saturated heterocycles. The van der Waals surface area contributed by atoms with Gasteiger partial charge in [0.25, 0.3) is 5.91 Å². The van der Waals surface area contributed by atoms with Gasteiger partial charge in [-0.15, -0.1) is 0 Å². The van der Waals surface area contributed by atoms with E-state index in [0.717, 1.165) is 6.42 Å². The highest BCUT2D eigenvalue weighted by Gasteiger charge is 2.07. The van der Waals surface area contributed by atoms with Crippen molar-refractivity contribution in [2.24, 2.45) is 5.73 Å². The first-order valence-corrected chi connectivity index (χ1v) is 8.11. The number of amides is 2. The number of benzene rings is 2. The molecule has 0 atom stereocenters. The highest BCUT2D eigenvalue weighted by atomic mass is 32.1. The minimum Gasteiger partial charge on any atom is -0.484 e. The number of carbonyl (C=O) groups excluding carboxylic acids is 2. The monoisotopic (exact) mass is 357 g/mol. The zero-order valence-corrected chi connectivity index (χ0v) is 14.6. The summed E-state index contributed by atoms with van der Waals surface area (Å²) in [7, 11) is 0. The van der Waals surface area contributed by atoms with Crippen LogP contribution in [0.4, 0.5) is 5.69 Å². The van der Waals surface area contributed by atoms with E-state index in [4.69, 9.17) is 22.7 Å². The quantitative estimate of drug-likeness (QED) is 0.690. The van der Waals surface area contributed by atoms with Crippen molar-refractivity contribution in [2.75, 3.05) is 11.9 Å². The van der Waals surface area contributed by atoms with E-state index in [1.165, 1.54) is 5.56 Å². The lowest BCUT2D eigenvalue weighted by Crippen LogP contribution is -2.37. The molecule has 2 aromatic carbocycles. The molecule has 2 rings (SSSR count). The molecular formula is C18H19N3O3S. The number of rotatable bonds is 6. The van der Waals surface area contributed by atoms with Gasteiger partial charge in [0, 0.05) is 11.3 Å². The second-order valence-corrected chi connectivity index (χ2v) is 5.64. The SMILES string of the molecule is CCc1ccc(OCC(=O)NC(=S)Nc2ccc(C(N)=O)cc2)cc1. The van der Waals surface area contributed by atoms with Gasteiger partial charge in [-0.2, -0.15) is 0 Å². The molecule has 0 aliphatic carbocycles. The summed E-state index contributed by atoms with van der Waals surface area (Å²) < 4.78 is 5.41. The van der Waals surface area contributed by atoms with Gasteiger partial charge in [0.05, 0.1) is 0 Å². The molecule has 0 radical (unpaired) electrons. The van der Waals surface area contributed by atoms with Crippen LogP contribution in [0.1, 0.15) is 22.8 Å². The van der Waals surface area contributed by atoms with E-state index in [2.05, 4.69) is 17.6 Å². The lowest BCUT2D eigenvalue weighted by molar-refractivity contribution is -0.121. The molecule has 2 aromatic rings. The summed E-state index contributed by atoms with van der Waals surface area (Å²) in [5.41, 5.74) is 7.39. The highest BCUT2D eigenvalue weighted by molar-refractivity contribution is 7.80. The van der Waals surface area contributed by atoms with E-state index in [-0.39, 0.29) is 17.6 Å². The van der Waals surface area contributed by atoms with Crippen molar-refractivity contribution in [3.05, 3.63) is 59.7 Å². The zero-order valence-electron chi connectivity index (χ0n) is 13.7. The number of anilines is 1. The van der Waals surface area contributed by atoms with Gasteiger partial charge in [-0.05, 0) is 60.6 Å². The Morgan fingerprint density at radius 3 is 2.28 bits per heavy atom. The van der Waals surface area contributed by atoms with Crippen LogP contribution in [-0.2, 0) is 11.2 Å². The first-order valence-electron chi connectivity index (χ1n) is 7.70. The van der Waals surface area contributed by atoms with Crippen LogP contribution in [0.5, 0.6) is 5.75 Å². The molecule has 0 aliphatic rings. The van der Waals surface area contributed by atoms with Crippen molar-refractivity contribution in [1.29, 1.82) is 0 Å². The maximum atomic E-state index is 11.9. The molecule has 130 valence electrons. The number of hydrogen-bond donors (Lipinski definition) is 3. The number of hydrogen-bond acceptors (Lipinski definition) is 4. The van der Waals surface area contributed by atoms with E-state index >= 15 is 0 Å². The van der Waals surface area contributed by atoms with Crippen LogP contribution in [-0.4, -0.2) is 23.5 Å². The maximum absolute atomic E-state index is 11.9. The summed E-state index contributed by atoms with van der Waals surface area (Å²) >= 11 is 5.07. The van der Waals surface area contributed by atoms with Crippen molar-refractivity contribution in [3.8, 4) is 5.75 Å². The molecular weight excluding hydrogens is 338 g/mol. The molecule has 4 N–H and O–H groups in total. The molecule has 0 spiro atoms. The number of thiocarbonyl (C=S) groups is 1. The van der Waals surface area contributed by atoms with Gasteiger partial charge in [0.1, 0.15) is 5.75 Å². The van der Waals surface area contributed by atoms with Crippen LogP contribution in [0.3, 0.4) is 0 Å². The molecule has 25 heavy (non-hydrogen) atoms. The number of ether oxygens (including phenoxy) is 1. The van der Waals surface area contributed by atoms with Crippen molar-refractivity contribution < 1.29 is 14.3 Å². The predicted octanol–water partition coefficient (Wildman–Crippen LogP) is 2.24. The predicted molar refractivity (Wildman–Crippen MR) is 101 cm³/mol. The number of nitrogens with two attached hydrogens (primary N) is 1. The molecule has 0 saturated carbocycles. The second kappa shape index (κ2) is 8.79. The Labute approximate surface area is 151 Å². The van der Waals surface area contributed by atoms with Gasteiger partial charge in [0.15, 0.2) is 11.7 Å². The Balaban J connectivity index is 1.79. The number of nitrogens with one attached hydrogen (secondary N) is 2. The summed E-state index contributed by atoms with van der Waals surface area (Å²) in [4.78, 5) is 22.9. The van der Waals surface area contributed by atoms with Crippen LogP contribution in [0.2, 0.25) is 0 Å². The van der Waals surface area contributed by atoms with Gasteiger partial charge in [-0.3, -0.25) is 14.9 Å². The van der Waals surface area contributed by atoms with Crippen molar-refractivity contribution in [1.82, 2.24) is 5.32 Å². The first kappa shape index (κ1) is 18.4. The van der Waals surface area contributed by atoms with Gasteiger partial charge in [0.2, 0.25) is 5.91 Å². The van der Waals surface area contributed by atoms with Crippen LogP contribution < -0.4 is 21.1 Å². The average molecular weight is 357 g/mol. The van der Waals surface area contributed by atoms with Gasteiger partial charge >= 0.3 is 0 Å². The minimum absolute atomic E-state index is 0.141. The van der Waals surface area contributed by atoms with E-state index in [0.29, 0.717) is 17.0 Å². The highest BCUT2D eigenvalue weighted by Crippen LogP contribution is 2.12. The Bertz CT molecular complexity index is 758. The number of aryl methyl sites for hydroxylation is 1. The normalized spacial score (nSPS) is 9.96. The summed E-state index contributed by atoms with van der Waals surface area (Å²) in [6, 6.07) is 14.0. The molecule has 7 heteroatoms. The fraction of sp³-hybridized carbons (Fsp3) is 0.167. The fourth-order valence-electron chi connectivity index (χ4n) is 2.01. The largest absolute Gasteiger partial charge is 0.484 e. The van der Waals surface area contributed by atoms with Crippen LogP contribution in [0.25, 0.3) is 0 Å². The fourth-order valence-corrected chi connectivity index (χ4v) is 2.24.